The van der Waals surface area contributed by atoms with Crippen LogP contribution in [0.2, 0.25) is 0 Å². The number of rotatable bonds is 6. The number of ketones is 2. The molecular weight excluding hydrogens is 404 g/mol. The number of carbonyl (C=O) groups is 3. The van der Waals surface area contributed by atoms with Crippen LogP contribution in [-0.4, -0.2) is 34.1 Å². The summed E-state index contributed by atoms with van der Waals surface area (Å²) in [5.74, 6) is -1.13. The van der Waals surface area contributed by atoms with Gasteiger partial charge in [0.1, 0.15) is 0 Å². The van der Waals surface area contributed by atoms with Crippen LogP contribution in [0.4, 0.5) is 0 Å². The number of fused-ring (bicyclic) bond motifs is 1. The van der Waals surface area contributed by atoms with Crippen molar-refractivity contribution in [1.82, 2.24) is 9.97 Å². The molecule has 0 saturated heterocycles. The fourth-order valence-corrected chi connectivity index (χ4v) is 3.94. The number of ether oxygens (including phenoxy) is 1. The molecule has 2 heterocycles. The van der Waals surface area contributed by atoms with Crippen LogP contribution in [0, 0.1) is 13.8 Å². The van der Waals surface area contributed by atoms with E-state index in [1.54, 1.807) is 26.0 Å². The fraction of sp³-hybridized carbons (Fsp3) is 0.154. The quantitative estimate of drug-likeness (QED) is 0.343. The first kappa shape index (κ1) is 21.2. The number of hydrogen-bond donors (Lipinski definition) is 1. The number of Topliss-reactive ketones (excluding diaryl/α,β-unsaturated/α-hetero) is 2. The van der Waals surface area contributed by atoms with Crippen molar-refractivity contribution < 1.29 is 19.1 Å². The number of aromatic nitrogens is 2. The number of hydrogen-bond acceptors (Lipinski definition) is 5. The van der Waals surface area contributed by atoms with Gasteiger partial charge in [0.15, 0.2) is 12.4 Å². The maximum atomic E-state index is 13.0. The maximum absolute atomic E-state index is 13.0. The highest BCUT2D eigenvalue weighted by molar-refractivity contribution is 6.07. The van der Waals surface area contributed by atoms with Crippen molar-refractivity contribution in [2.24, 2.45) is 0 Å². The Labute approximate surface area is 185 Å². The number of H-pyrrole nitrogens is 1. The molecular formula is C26H22N2O4. The first-order valence-corrected chi connectivity index (χ1v) is 10.2. The van der Waals surface area contributed by atoms with E-state index in [0.29, 0.717) is 39.0 Å². The first-order valence-electron chi connectivity index (χ1n) is 10.2. The molecule has 0 saturated carbocycles. The smallest absolute Gasteiger partial charge is 0.339 e. The van der Waals surface area contributed by atoms with E-state index in [1.807, 2.05) is 48.5 Å². The van der Waals surface area contributed by atoms with Crippen molar-refractivity contribution in [1.29, 1.82) is 0 Å². The zero-order valence-electron chi connectivity index (χ0n) is 18.1. The highest BCUT2D eigenvalue weighted by atomic mass is 16.5. The van der Waals surface area contributed by atoms with E-state index in [2.05, 4.69) is 9.97 Å². The number of pyridine rings is 1. The van der Waals surface area contributed by atoms with E-state index in [0.717, 1.165) is 5.56 Å². The Kier molecular flexibility index (Phi) is 5.69. The Balaban J connectivity index is 1.63. The summed E-state index contributed by atoms with van der Waals surface area (Å²) < 4.78 is 5.39. The summed E-state index contributed by atoms with van der Waals surface area (Å²) in [5, 5.41) is 0.649. The van der Waals surface area contributed by atoms with Crippen LogP contribution in [0.15, 0.2) is 60.7 Å². The van der Waals surface area contributed by atoms with Gasteiger partial charge in [-0.05, 0) is 38.5 Å². The number of carbonyl (C=O) groups excluding carboxylic acids is 3. The van der Waals surface area contributed by atoms with Gasteiger partial charge >= 0.3 is 5.97 Å². The summed E-state index contributed by atoms with van der Waals surface area (Å²) in [6.07, 6.45) is 0. The van der Waals surface area contributed by atoms with Crippen LogP contribution < -0.4 is 0 Å². The number of aromatic amines is 1. The van der Waals surface area contributed by atoms with Gasteiger partial charge in [-0.25, -0.2) is 9.78 Å². The predicted octanol–water partition coefficient (Wildman–Crippen LogP) is 5.09. The van der Waals surface area contributed by atoms with Gasteiger partial charge in [0.2, 0.25) is 5.78 Å². The number of benzene rings is 2. The van der Waals surface area contributed by atoms with Crippen LogP contribution in [0.5, 0.6) is 0 Å². The van der Waals surface area contributed by atoms with Gasteiger partial charge in [-0.2, -0.15) is 0 Å². The third-order valence-corrected chi connectivity index (χ3v) is 5.41. The predicted molar refractivity (Wildman–Crippen MR) is 122 cm³/mol. The Bertz CT molecular complexity index is 1350. The zero-order chi connectivity index (χ0) is 22.8. The van der Waals surface area contributed by atoms with E-state index < -0.39 is 18.4 Å². The third-order valence-electron chi connectivity index (χ3n) is 5.41. The third kappa shape index (κ3) is 3.95. The molecule has 0 aliphatic heterocycles. The zero-order valence-corrected chi connectivity index (χ0v) is 18.1. The van der Waals surface area contributed by atoms with Crippen LogP contribution in [0.3, 0.4) is 0 Å². The summed E-state index contributed by atoms with van der Waals surface area (Å²) in [7, 11) is 0. The van der Waals surface area contributed by atoms with Gasteiger partial charge in [-0.1, -0.05) is 48.5 Å². The second-order valence-corrected chi connectivity index (χ2v) is 7.62. The monoisotopic (exact) mass is 426 g/mol. The second kappa shape index (κ2) is 8.59. The molecule has 0 radical (unpaired) electrons. The minimum atomic E-state index is -0.609. The van der Waals surface area contributed by atoms with Crippen molar-refractivity contribution in [2.75, 3.05) is 6.61 Å². The molecule has 0 spiro atoms. The molecule has 4 rings (SSSR count). The van der Waals surface area contributed by atoms with Crippen molar-refractivity contribution in [3.63, 3.8) is 0 Å². The van der Waals surface area contributed by atoms with E-state index >= 15 is 0 Å². The Morgan fingerprint density at radius 2 is 1.66 bits per heavy atom. The SMILES string of the molecule is CC(=O)c1c(C)[nH]c(C(=O)COC(=O)c2cc(-c3ccccc3)nc3ccccc23)c1C. The van der Waals surface area contributed by atoms with Gasteiger partial charge in [0.05, 0.1) is 22.5 Å². The number of nitrogens with zero attached hydrogens (tertiary/aromatic N) is 1. The summed E-state index contributed by atoms with van der Waals surface area (Å²) in [4.78, 5) is 45.1. The van der Waals surface area contributed by atoms with Gasteiger partial charge in [0.25, 0.3) is 0 Å². The summed E-state index contributed by atoms with van der Waals surface area (Å²) in [6, 6.07) is 18.5. The normalized spacial score (nSPS) is 10.8. The highest BCUT2D eigenvalue weighted by Gasteiger charge is 2.22. The van der Waals surface area contributed by atoms with Crippen molar-refractivity contribution >= 4 is 28.4 Å². The first-order chi connectivity index (χ1) is 15.4. The molecule has 0 aliphatic carbocycles. The second-order valence-electron chi connectivity index (χ2n) is 7.62. The molecule has 2 aromatic carbocycles. The molecule has 0 amide bonds. The van der Waals surface area contributed by atoms with Gasteiger partial charge in [0, 0.05) is 22.2 Å². The van der Waals surface area contributed by atoms with Crippen molar-refractivity contribution in [3.05, 3.63) is 88.7 Å². The molecule has 0 unspecified atom stereocenters. The largest absolute Gasteiger partial charge is 0.454 e. The van der Waals surface area contributed by atoms with E-state index in [4.69, 9.17) is 4.74 Å². The van der Waals surface area contributed by atoms with E-state index in [9.17, 15) is 14.4 Å². The topological polar surface area (TPSA) is 89.1 Å². The Morgan fingerprint density at radius 3 is 2.34 bits per heavy atom. The molecule has 0 aliphatic rings. The molecule has 0 fully saturated rings. The summed E-state index contributed by atoms with van der Waals surface area (Å²) >= 11 is 0. The average molecular weight is 426 g/mol. The van der Waals surface area contributed by atoms with Gasteiger partial charge in [-0.3, -0.25) is 9.59 Å². The van der Waals surface area contributed by atoms with Crippen molar-refractivity contribution in [3.8, 4) is 11.3 Å². The van der Waals surface area contributed by atoms with Crippen LogP contribution in [0.1, 0.15) is 49.4 Å². The van der Waals surface area contributed by atoms with Crippen LogP contribution >= 0.6 is 0 Å². The van der Waals surface area contributed by atoms with Gasteiger partial charge < -0.3 is 9.72 Å². The standard InChI is InChI=1S/C26H22N2O4/c1-15-24(17(3)29)16(2)27-25(15)23(30)14-32-26(31)20-13-22(18-9-5-4-6-10-18)28-21-12-8-7-11-19(20)21/h4-13,27H,14H2,1-3H3. The number of aryl methyl sites for hydroxylation is 1. The molecule has 6 heteroatoms. The number of para-hydroxylation sites is 1. The minimum Gasteiger partial charge on any atom is -0.454 e. The molecule has 0 bridgehead atoms. The van der Waals surface area contributed by atoms with E-state index in [1.165, 1.54) is 6.92 Å². The molecule has 1 N–H and O–H groups in total. The molecule has 6 nitrogen and oxygen atoms in total. The highest BCUT2D eigenvalue weighted by Crippen LogP contribution is 2.25. The lowest BCUT2D eigenvalue weighted by molar-refractivity contribution is 0.0475. The lowest BCUT2D eigenvalue weighted by atomic mass is 10.0. The number of esters is 1. The van der Waals surface area contributed by atoms with Gasteiger partial charge in [-0.15, -0.1) is 0 Å². The molecule has 32 heavy (non-hydrogen) atoms. The maximum Gasteiger partial charge on any atom is 0.339 e. The molecule has 2 aromatic heterocycles. The Hall–Kier alpha value is -4.06. The molecule has 0 atom stereocenters. The molecule has 160 valence electrons. The summed E-state index contributed by atoms with van der Waals surface area (Å²) in [5.41, 5.74) is 4.48. The van der Waals surface area contributed by atoms with E-state index in [-0.39, 0.29) is 11.5 Å². The summed E-state index contributed by atoms with van der Waals surface area (Å²) in [6.45, 7) is 4.46. The van der Waals surface area contributed by atoms with Crippen LogP contribution in [-0.2, 0) is 4.74 Å². The van der Waals surface area contributed by atoms with Crippen molar-refractivity contribution in [2.45, 2.75) is 20.8 Å². The average Bonchev–Trinajstić information content (AvgIpc) is 3.11. The molecule has 4 aromatic rings. The Morgan fingerprint density at radius 1 is 0.969 bits per heavy atom. The fourth-order valence-electron chi connectivity index (χ4n) is 3.94. The lowest BCUT2D eigenvalue weighted by Gasteiger charge is -2.10. The minimum absolute atomic E-state index is 0.121. The number of nitrogens with one attached hydrogen (secondary N) is 1. The van der Waals surface area contributed by atoms with Crippen LogP contribution in [0.25, 0.3) is 22.2 Å². The lowest BCUT2D eigenvalue weighted by Crippen LogP contribution is -2.16.